The van der Waals surface area contributed by atoms with Gasteiger partial charge in [-0.3, -0.25) is 0 Å². The molecule has 0 amide bonds. The van der Waals surface area contributed by atoms with Gasteiger partial charge in [0.25, 0.3) is 0 Å². The first-order valence-electron chi connectivity index (χ1n) is 5.20. The van der Waals surface area contributed by atoms with Gasteiger partial charge in [0.15, 0.2) is 0 Å². The van der Waals surface area contributed by atoms with Crippen LogP contribution in [0.3, 0.4) is 0 Å². The molecular formula is C12H12ClFN2O. The second-order valence-corrected chi connectivity index (χ2v) is 4.77. The van der Waals surface area contributed by atoms with Crippen LogP contribution in [0, 0.1) is 29.5 Å². The van der Waals surface area contributed by atoms with Crippen LogP contribution in [0.4, 0.5) is 4.39 Å². The molecule has 5 heteroatoms. The fourth-order valence-electron chi connectivity index (χ4n) is 1.83. The summed E-state index contributed by atoms with van der Waals surface area (Å²) < 4.78 is 18.5. The molecule has 1 aromatic carbocycles. The minimum Gasteiger partial charge on any atom is -0.378 e. The molecule has 1 atom stereocenters. The van der Waals surface area contributed by atoms with E-state index in [1.54, 1.807) is 6.92 Å². The first-order valence-corrected chi connectivity index (χ1v) is 5.58. The lowest BCUT2D eigenvalue weighted by atomic mass is 9.77. The van der Waals surface area contributed by atoms with Gasteiger partial charge in [-0.05, 0) is 30.2 Å². The van der Waals surface area contributed by atoms with E-state index in [1.165, 1.54) is 12.1 Å². The molecule has 1 fully saturated rings. The van der Waals surface area contributed by atoms with Crippen molar-refractivity contribution >= 4 is 11.6 Å². The normalized spacial score (nSPS) is 19.2. The van der Waals surface area contributed by atoms with E-state index < -0.39 is 11.5 Å². The van der Waals surface area contributed by atoms with Crippen molar-refractivity contribution < 1.29 is 9.13 Å². The number of hydrogen-bond acceptors (Lipinski definition) is 3. The first-order chi connectivity index (χ1) is 8.00. The van der Waals surface area contributed by atoms with Gasteiger partial charge in [-0.2, -0.15) is 5.26 Å². The Balaban J connectivity index is 2.41. The van der Waals surface area contributed by atoms with E-state index in [9.17, 15) is 4.39 Å². The number of nitrogens with zero attached hydrogens (tertiary/aromatic N) is 1. The molecule has 1 aromatic rings. The summed E-state index contributed by atoms with van der Waals surface area (Å²) in [6.07, 6.45) is 0. The zero-order chi connectivity index (χ0) is 12.6. The van der Waals surface area contributed by atoms with E-state index in [4.69, 9.17) is 27.3 Å². The van der Waals surface area contributed by atoms with Crippen LogP contribution in [-0.2, 0) is 4.74 Å². The quantitative estimate of drug-likeness (QED) is 0.881. The van der Waals surface area contributed by atoms with Crippen molar-refractivity contribution in [3.8, 4) is 6.07 Å². The topological polar surface area (TPSA) is 59.0 Å². The highest BCUT2D eigenvalue weighted by Gasteiger charge is 2.46. The third-order valence-corrected chi connectivity index (χ3v) is 3.48. The van der Waals surface area contributed by atoms with Crippen molar-refractivity contribution in [1.29, 1.82) is 5.26 Å². The highest BCUT2D eigenvalue weighted by Crippen LogP contribution is 2.41. The predicted molar refractivity (Wildman–Crippen MR) is 61.9 cm³/mol. The van der Waals surface area contributed by atoms with E-state index in [2.05, 4.69) is 6.07 Å². The van der Waals surface area contributed by atoms with E-state index in [0.717, 1.165) is 0 Å². The number of benzene rings is 1. The van der Waals surface area contributed by atoms with E-state index >= 15 is 0 Å². The summed E-state index contributed by atoms with van der Waals surface area (Å²) in [5.74, 6) is -0.367. The SMILES string of the molecule is Cc1cc(Cl)c(C(N)C2(C#N)COC2)cc1F. The van der Waals surface area contributed by atoms with Crippen LogP contribution < -0.4 is 5.73 Å². The van der Waals surface area contributed by atoms with Gasteiger partial charge in [0.05, 0.1) is 25.3 Å². The van der Waals surface area contributed by atoms with Gasteiger partial charge in [0, 0.05) is 5.02 Å². The molecule has 2 N–H and O–H groups in total. The summed E-state index contributed by atoms with van der Waals surface area (Å²) in [4.78, 5) is 0. The highest BCUT2D eigenvalue weighted by molar-refractivity contribution is 6.31. The second-order valence-electron chi connectivity index (χ2n) is 4.36. The molecule has 1 unspecified atom stereocenters. The minimum atomic E-state index is -0.786. The lowest BCUT2D eigenvalue weighted by Crippen LogP contribution is -2.49. The molecule has 2 rings (SSSR count). The van der Waals surface area contributed by atoms with Gasteiger partial charge in [-0.25, -0.2) is 4.39 Å². The van der Waals surface area contributed by atoms with Crippen LogP contribution in [-0.4, -0.2) is 13.2 Å². The lowest BCUT2D eigenvalue weighted by molar-refractivity contribution is -0.0910. The molecule has 1 saturated heterocycles. The summed E-state index contributed by atoms with van der Waals surface area (Å²) in [6, 6.07) is 4.34. The van der Waals surface area contributed by atoms with Crippen molar-refractivity contribution in [1.82, 2.24) is 0 Å². The van der Waals surface area contributed by atoms with Gasteiger partial charge in [0.1, 0.15) is 11.2 Å². The van der Waals surface area contributed by atoms with Gasteiger partial charge in [-0.15, -0.1) is 0 Å². The predicted octanol–water partition coefficient (Wildman–Crippen LogP) is 2.33. The molecule has 0 bridgehead atoms. The number of nitriles is 1. The summed E-state index contributed by atoms with van der Waals surface area (Å²) >= 11 is 6.04. The maximum Gasteiger partial charge on any atom is 0.126 e. The van der Waals surface area contributed by atoms with Crippen LogP contribution >= 0.6 is 11.6 Å². The van der Waals surface area contributed by atoms with Crippen molar-refractivity contribution in [2.45, 2.75) is 13.0 Å². The Hall–Kier alpha value is -1.15. The third kappa shape index (κ3) is 1.91. The molecule has 0 spiro atoms. The average Bonchev–Trinajstić information content (AvgIpc) is 2.22. The molecule has 0 aromatic heterocycles. The van der Waals surface area contributed by atoms with Crippen LogP contribution in [0.2, 0.25) is 5.02 Å². The molecule has 0 aliphatic carbocycles. The molecule has 0 radical (unpaired) electrons. The Labute approximate surface area is 104 Å². The smallest absolute Gasteiger partial charge is 0.126 e. The van der Waals surface area contributed by atoms with Crippen LogP contribution in [0.1, 0.15) is 17.2 Å². The zero-order valence-corrected chi connectivity index (χ0v) is 10.1. The summed E-state index contributed by atoms with van der Waals surface area (Å²) in [5, 5.41) is 9.52. The Morgan fingerprint density at radius 2 is 2.24 bits per heavy atom. The minimum absolute atomic E-state index is 0.260. The molecular weight excluding hydrogens is 243 g/mol. The van der Waals surface area contributed by atoms with Crippen LogP contribution in [0.25, 0.3) is 0 Å². The zero-order valence-electron chi connectivity index (χ0n) is 9.34. The molecule has 1 heterocycles. The van der Waals surface area contributed by atoms with Gasteiger partial charge in [0.2, 0.25) is 0 Å². The standard InChI is InChI=1S/C12H12ClFN2O/c1-7-2-9(13)8(3-10(7)14)11(16)12(4-15)5-17-6-12/h2-3,11H,5-6,16H2,1H3. The Bertz CT molecular complexity index is 494. The second kappa shape index (κ2) is 4.26. The Morgan fingerprint density at radius 1 is 1.59 bits per heavy atom. The Morgan fingerprint density at radius 3 is 2.71 bits per heavy atom. The Kier molecular flexibility index (Phi) is 3.09. The van der Waals surface area contributed by atoms with Crippen molar-refractivity contribution in [3.63, 3.8) is 0 Å². The van der Waals surface area contributed by atoms with Crippen LogP contribution in [0.5, 0.6) is 0 Å². The monoisotopic (exact) mass is 254 g/mol. The van der Waals surface area contributed by atoms with E-state index in [0.29, 0.717) is 16.1 Å². The number of halogens is 2. The maximum atomic E-state index is 13.5. The highest BCUT2D eigenvalue weighted by atomic mass is 35.5. The average molecular weight is 255 g/mol. The molecule has 0 saturated carbocycles. The van der Waals surface area contributed by atoms with Gasteiger partial charge in [-0.1, -0.05) is 11.6 Å². The third-order valence-electron chi connectivity index (χ3n) is 3.15. The maximum absolute atomic E-state index is 13.5. The first kappa shape index (κ1) is 12.3. The van der Waals surface area contributed by atoms with Crippen molar-refractivity contribution in [2.75, 3.05) is 13.2 Å². The number of nitrogens with two attached hydrogens (primary N) is 1. The van der Waals surface area contributed by atoms with Crippen molar-refractivity contribution in [2.24, 2.45) is 11.1 Å². The largest absolute Gasteiger partial charge is 0.378 e. The van der Waals surface area contributed by atoms with Gasteiger partial charge < -0.3 is 10.5 Å². The lowest BCUT2D eigenvalue weighted by Gasteiger charge is -2.40. The van der Waals surface area contributed by atoms with Crippen molar-refractivity contribution in [3.05, 3.63) is 34.1 Å². The molecule has 17 heavy (non-hydrogen) atoms. The van der Waals surface area contributed by atoms with E-state index in [1.807, 2.05) is 0 Å². The number of rotatable bonds is 2. The summed E-state index contributed by atoms with van der Waals surface area (Å²) in [6.45, 7) is 2.15. The molecule has 1 aliphatic heterocycles. The van der Waals surface area contributed by atoms with E-state index in [-0.39, 0.29) is 19.0 Å². The molecule has 3 nitrogen and oxygen atoms in total. The van der Waals surface area contributed by atoms with Gasteiger partial charge >= 0.3 is 0 Å². The molecule has 90 valence electrons. The number of aryl methyl sites for hydroxylation is 1. The summed E-state index contributed by atoms with van der Waals surface area (Å²) in [7, 11) is 0. The molecule has 1 aliphatic rings. The number of ether oxygens (including phenoxy) is 1. The summed E-state index contributed by atoms with van der Waals surface area (Å²) in [5.41, 5.74) is 6.14. The number of hydrogen-bond donors (Lipinski definition) is 1. The fraction of sp³-hybridized carbons (Fsp3) is 0.417. The van der Waals surface area contributed by atoms with Crippen LogP contribution in [0.15, 0.2) is 12.1 Å². The fourth-order valence-corrected chi connectivity index (χ4v) is 2.17.